The van der Waals surface area contributed by atoms with Crippen molar-refractivity contribution in [3.8, 4) is 0 Å². The maximum absolute atomic E-state index is 12.6. The second-order valence-electron chi connectivity index (χ2n) is 4.35. The third kappa shape index (κ3) is 1.61. The number of fused-ring (bicyclic) bond motifs is 2. The summed E-state index contributed by atoms with van der Waals surface area (Å²) in [5.41, 5.74) is 0.556. The zero-order valence-electron chi connectivity index (χ0n) is 9.93. The zero-order valence-corrected chi connectivity index (χ0v) is 13.0. The fourth-order valence-corrected chi connectivity index (χ4v) is 3.33. The summed E-state index contributed by atoms with van der Waals surface area (Å²) in [6.45, 7) is 0. The molecule has 0 unspecified atom stereocenters. The number of hydrogen-bond donors (Lipinski definition) is 0. The summed E-state index contributed by atoms with van der Waals surface area (Å²) in [5, 5.41) is -0.168. The molecule has 2 aromatic rings. The maximum atomic E-state index is 12.6. The monoisotopic (exact) mass is 347 g/mol. The molecule has 0 saturated heterocycles. The number of benzene rings is 1. The van der Waals surface area contributed by atoms with E-state index in [0.717, 1.165) is 0 Å². The first-order valence-electron chi connectivity index (χ1n) is 5.47. The maximum Gasteiger partial charge on any atom is 0.212 e. The molecule has 1 aliphatic carbocycles. The van der Waals surface area contributed by atoms with Crippen molar-refractivity contribution in [1.82, 2.24) is 4.57 Å². The minimum Gasteiger partial charge on any atom is -0.347 e. The van der Waals surface area contributed by atoms with Gasteiger partial charge < -0.3 is 4.57 Å². The molecule has 3 nitrogen and oxygen atoms in total. The van der Waals surface area contributed by atoms with Crippen molar-refractivity contribution in [2.75, 3.05) is 0 Å². The number of ketones is 2. The van der Waals surface area contributed by atoms with Gasteiger partial charge in [-0.15, -0.1) is 0 Å². The van der Waals surface area contributed by atoms with Crippen LogP contribution in [0.15, 0.2) is 12.3 Å². The van der Waals surface area contributed by atoms with E-state index in [1.54, 1.807) is 23.9 Å². The van der Waals surface area contributed by atoms with Crippen LogP contribution in [0.25, 0.3) is 0 Å². The molecule has 1 aromatic heterocycles. The van der Waals surface area contributed by atoms with Gasteiger partial charge in [0, 0.05) is 13.2 Å². The van der Waals surface area contributed by atoms with E-state index in [0.29, 0.717) is 0 Å². The molecule has 0 spiro atoms. The highest BCUT2D eigenvalue weighted by molar-refractivity contribution is 6.55. The lowest BCUT2D eigenvalue weighted by Gasteiger charge is -2.20. The van der Waals surface area contributed by atoms with Crippen LogP contribution in [0.1, 0.15) is 32.0 Å². The molecular weight excluding hydrogens is 344 g/mol. The Morgan fingerprint density at radius 2 is 1.35 bits per heavy atom. The van der Waals surface area contributed by atoms with Crippen molar-refractivity contribution in [1.29, 1.82) is 0 Å². The van der Waals surface area contributed by atoms with E-state index < -0.39 is 5.78 Å². The number of rotatable bonds is 0. The van der Waals surface area contributed by atoms with E-state index in [1.165, 1.54) is 0 Å². The highest BCUT2D eigenvalue weighted by atomic mass is 35.5. The van der Waals surface area contributed by atoms with E-state index in [2.05, 4.69) is 0 Å². The van der Waals surface area contributed by atoms with Crippen molar-refractivity contribution in [2.45, 2.75) is 0 Å². The van der Waals surface area contributed by atoms with Gasteiger partial charge in [0.2, 0.25) is 5.78 Å². The molecule has 0 aliphatic heterocycles. The van der Waals surface area contributed by atoms with Crippen LogP contribution in [-0.2, 0) is 7.05 Å². The summed E-state index contributed by atoms with van der Waals surface area (Å²) in [7, 11) is 1.67. The van der Waals surface area contributed by atoms with Crippen LogP contribution in [-0.4, -0.2) is 16.1 Å². The lowest BCUT2D eigenvalue weighted by Crippen LogP contribution is -2.23. The predicted octanol–water partition coefficient (Wildman–Crippen LogP) is 4.41. The molecule has 0 N–H and O–H groups in total. The third-order valence-corrected chi connectivity index (χ3v) is 5.06. The summed E-state index contributed by atoms with van der Waals surface area (Å²) in [6.07, 6.45) is 1.62. The van der Waals surface area contributed by atoms with Gasteiger partial charge >= 0.3 is 0 Å². The number of aryl methyl sites for hydroxylation is 1. The Bertz CT molecular complexity index is 807. The van der Waals surface area contributed by atoms with Gasteiger partial charge in [0.15, 0.2) is 5.78 Å². The summed E-state index contributed by atoms with van der Waals surface area (Å²) >= 11 is 24.0. The van der Waals surface area contributed by atoms with Gasteiger partial charge in [-0.3, -0.25) is 9.59 Å². The van der Waals surface area contributed by atoms with Crippen molar-refractivity contribution in [3.05, 3.63) is 54.7 Å². The Morgan fingerprint density at radius 1 is 0.850 bits per heavy atom. The Morgan fingerprint density at radius 3 is 1.90 bits per heavy atom. The second-order valence-corrected chi connectivity index (χ2v) is 5.86. The van der Waals surface area contributed by atoms with E-state index in [-0.39, 0.29) is 48.3 Å². The van der Waals surface area contributed by atoms with Gasteiger partial charge in [-0.2, -0.15) is 0 Å². The largest absolute Gasteiger partial charge is 0.347 e. The lowest BCUT2D eigenvalue weighted by molar-refractivity contribution is 0.0974. The van der Waals surface area contributed by atoms with Gasteiger partial charge in [-0.05, 0) is 6.07 Å². The summed E-state index contributed by atoms with van der Waals surface area (Å²) in [6, 6.07) is 1.56. The topological polar surface area (TPSA) is 39.1 Å². The van der Waals surface area contributed by atoms with E-state index in [4.69, 9.17) is 46.4 Å². The SMILES string of the molecule is Cn1ccc2c1C(=O)c1c(Cl)c(Cl)c(Cl)c(Cl)c1C2=O. The molecule has 0 atom stereocenters. The molecule has 20 heavy (non-hydrogen) atoms. The van der Waals surface area contributed by atoms with Crippen molar-refractivity contribution in [2.24, 2.45) is 7.05 Å². The lowest BCUT2D eigenvalue weighted by atomic mass is 9.88. The first-order chi connectivity index (χ1) is 9.36. The number of carbonyl (C=O) groups is 2. The molecule has 102 valence electrons. The molecule has 0 amide bonds. The average Bonchev–Trinajstić information content (AvgIpc) is 2.80. The summed E-state index contributed by atoms with van der Waals surface area (Å²) < 4.78 is 1.56. The first-order valence-corrected chi connectivity index (χ1v) is 6.98. The quantitative estimate of drug-likeness (QED) is 0.445. The normalized spacial score (nSPS) is 13.4. The Balaban J connectivity index is 2.47. The molecule has 1 heterocycles. The minimum atomic E-state index is -0.396. The minimum absolute atomic E-state index is 0.00497. The number of hydrogen-bond acceptors (Lipinski definition) is 2. The molecule has 7 heteroatoms. The zero-order chi connectivity index (χ0) is 14.8. The van der Waals surface area contributed by atoms with E-state index >= 15 is 0 Å². The van der Waals surface area contributed by atoms with Crippen molar-refractivity contribution >= 4 is 58.0 Å². The molecule has 3 rings (SSSR count). The number of halogens is 4. The number of aromatic nitrogens is 1. The van der Waals surface area contributed by atoms with Crippen LogP contribution in [0, 0.1) is 0 Å². The van der Waals surface area contributed by atoms with Gasteiger partial charge in [-0.25, -0.2) is 0 Å². The van der Waals surface area contributed by atoms with Crippen LogP contribution in [0.5, 0.6) is 0 Å². The fourth-order valence-electron chi connectivity index (χ4n) is 2.31. The van der Waals surface area contributed by atoms with Gasteiger partial charge in [0.25, 0.3) is 0 Å². The third-order valence-electron chi connectivity index (χ3n) is 3.25. The van der Waals surface area contributed by atoms with Crippen LogP contribution in [0.4, 0.5) is 0 Å². The van der Waals surface area contributed by atoms with Crippen LogP contribution in [0.3, 0.4) is 0 Å². The van der Waals surface area contributed by atoms with Crippen LogP contribution < -0.4 is 0 Å². The number of nitrogens with zero attached hydrogens (tertiary/aromatic N) is 1. The van der Waals surface area contributed by atoms with Crippen molar-refractivity contribution < 1.29 is 9.59 Å². The Hall–Kier alpha value is -1.00. The fraction of sp³-hybridized carbons (Fsp3) is 0.0769. The standard InChI is InChI=1S/C13H5Cl4NO2/c1-18-3-2-4-11(18)13(20)6-5(12(4)19)7(14)9(16)10(17)8(6)15/h2-3H,1H3. The molecule has 0 radical (unpaired) electrons. The summed E-state index contributed by atoms with van der Waals surface area (Å²) in [4.78, 5) is 25.0. The average molecular weight is 349 g/mol. The highest BCUT2D eigenvalue weighted by Gasteiger charge is 2.37. The Labute approximate surface area is 134 Å². The number of carbonyl (C=O) groups excluding carboxylic acids is 2. The summed E-state index contributed by atoms with van der Waals surface area (Å²) in [5.74, 6) is -0.784. The Kier molecular flexibility index (Phi) is 3.14. The van der Waals surface area contributed by atoms with Gasteiger partial charge in [0.05, 0.1) is 36.8 Å². The second kappa shape index (κ2) is 4.50. The molecule has 0 saturated carbocycles. The first kappa shape index (κ1) is 14.0. The van der Waals surface area contributed by atoms with Gasteiger partial charge in [0.1, 0.15) is 5.69 Å². The molecule has 0 fully saturated rings. The van der Waals surface area contributed by atoms with Crippen LogP contribution in [0.2, 0.25) is 20.1 Å². The molecule has 1 aliphatic rings. The van der Waals surface area contributed by atoms with Crippen molar-refractivity contribution in [3.63, 3.8) is 0 Å². The molecular formula is C13H5Cl4NO2. The van der Waals surface area contributed by atoms with Crippen LogP contribution >= 0.6 is 46.4 Å². The van der Waals surface area contributed by atoms with E-state index in [9.17, 15) is 9.59 Å². The smallest absolute Gasteiger partial charge is 0.212 e. The van der Waals surface area contributed by atoms with Gasteiger partial charge in [-0.1, -0.05) is 46.4 Å². The van der Waals surface area contributed by atoms with E-state index in [1.807, 2.05) is 0 Å². The molecule has 0 bridgehead atoms. The molecule has 1 aromatic carbocycles. The highest BCUT2D eigenvalue weighted by Crippen LogP contribution is 2.45. The predicted molar refractivity (Wildman–Crippen MR) is 78.8 cm³/mol.